The molecule has 0 amide bonds. The molecule has 0 radical (unpaired) electrons. The van der Waals surface area contributed by atoms with Gasteiger partial charge in [0.1, 0.15) is 12.3 Å². The molecule has 2 aliphatic rings. The largest absolute Gasteiger partial charge is 0.493 e. The quantitative estimate of drug-likeness (QED) is 0.320. The van der Waals surface area contributed by atoms with E-state index in [-0.39, 0.29) is 0 Å². The van der Waals surface area contributed by atoms with Crippen LogP contribution in [-0.2, 0) is 7.05 Å². The summed E-state index contributed by atoms with van der Waals surface area (Å²) in [6.45, 7) is 5.21. The molecule has 1 aromatic carbocycles. The second-order valence-corrected chi connectivity index (χ2v) is 10.8. The molecule has 1 N–H and O–H groups in total. The molecule has 4 aromatic rings. The number of piperidine rings is 2. The van der Waals surface area contributed by atoms with E-state index in [2.05, 4.69) is 55.8 Å². The highest BCUT2D eigenvalue weighted by molar-refractivity contribution is 6.35. The van der Waals surface area contributed by atoms with Crippen LogP contribution in [0.3, 0.4) is 0 Å². The predicted molar refractivity (Wildman–Crippen MR) is 150 cm³/mol. The van der Waals surface area contributed by atoms with Gasteiger partial charge in [-0.3, -0.25) is 9.80 Å². The summed E-state index contributed by atoms with van der Waals surface area (Å²) in [6.07, 6.45) is 12.3. The van der Waals surface area contributed by atoms with E-state index in [1.807, 2.05) is 6.07 Å². The normalized spacial score (nSPS) is 19.6. The Balaban J connectivity index is 1.22. The number of rotatable bonds is 7. The van der Waals surface area contributed by atoms with E-state index >= 15 is 0 Å². The van der Waals surface area contributed by atoms with Crippen LogP contribution < -0.4 is 9.47 Å². The van der Waals surface area contributed by atoms with Gasteiger partial charge in [0.05, 0.1) is 23.8 Å². The zero-order chi connectivity index (χ0) is 25.4. The van der Waals surface area contributed by atoms with Crippen molar-refractivity contribution >= 4 is 33.5 Å². The maximum atomic E-state index is 6.40. The third-order valence-corrected chi connectivity index (χ3v) is 8.40. The number of pyridine rings is 1. The van der Waals surface area contributed by atoms with Crippen LogP contribution >= 0.6 is 11.6 Å². The summed E-state index contributed by atoms with van der Waals surface area (Å²) in [6, 6.07) is 8.06. The number of nitrogens with zero attached hydrogens (tertiary/aromatic N) is 4. The molecule has 3 aromatic heterocycles. The van der Waals surface area contributed by atoms with Crippen molar-refractivity contribution in [3.05, 3.63) is 41.7 Å². The zero-order valence-corrected chi connectivity index (χ0v) is 22.6. The Kier molecular flexibility index (Phi) is 7.02. The van der Waals surface area contributed by atoms with Crippen LogP contribution in [0.4, 0.5) is 0 Å². The average Bonchev–Trinajstić information content (AvgIpc) is 3.51. The summed E-state index contributed by atoms with van der Waals surface area (Å²) in [5, 5.41) is 2.71. The first kappa shape index (κ1) is 24.6. The Labute approximate surface area is 223 Å². The van der Waals surface area contributed by atoms with Crippen LogP contribution in [0.15, 0.2) is 36.7 Å². The molecule has 1 unspecified atom stereocenters. The minimum atomic E-state index is 0.566. The van der Waals surface area contributed by atoms with Crippen molar-refractivity contribution in [3.63, 3.8) is 0 Å². The Morgan fingerprint density at radius 2 is 1.86 bits per heavy atom. The van der Waals surface area contributed by atoms with Crippen LogP contribution in [-0.4, -0.2) is 70.4 Å². The second-order valence-electron chi connectivity index (χ2n) is 10.4. The molecule has 6 rings (SSSR count). The van der Waals surface area contributed by atoms with Crippen molar-refractivity contribution in [1.29, 1.82) is 0 Å². The molecule has 196 valence electrons. The third kappa shape index (κ3) is 4.80. The number of aryl methyl sites for hydroxylation is 1. The lowest BCUT2D eigenvalue weighted by Crippen LogP contribution is -2.53. The van der Waals surface area contributed by atoms with Gasteiger partial charge < -0.3 is 19.0 Å². The highest BCUT2D eigenvalue weighted by Gasteiger charge is 2.28. The molecule has 2 saturated heterocycles. The van der Waals surface area contributed by atoms with Gasteiger partial charge in [-0.05, 0) is 69.9 Å². The molecule has 8 heteroatoms. The van der Waals surface area contributed by atoms with Gasteiger partial charge in [0.25, 0.3) is 0 Å². The molecule has 0 saturated carbocycles. The summed E-state index contributed by atoms with van der Waals surface area (Å²) < 4.78 is 14.3. The van der Waals surface area contributed by atoms with E-state index in [9.17, 15) is 0 Å². The lowest BCUT2D eigenvalue weighted by molar-refractivity contribution is -0.00348. The monoisotopic (exact) mass is 521 g/mol. The van der Waals surface area contributed by atoms with Gasteiger partial charge in [-0.25, -0.2) is 4.98 Å². The number of hydrogen-bond donors (Lipinski definition) is 1. The number of halogens is 1. The maximum Gasteiger partial charge on any atom is 0.163 e. The van der Waals surface area contributed by atoms with E-state index in [1.165, 1.54) is 51.6 Å². The third-order valence-electron chi connectivity index (χ3n) is 8.07. The Hall–Kier alpha value is -2.74. The maximum absolute atomic E-state index is 6.40. The average molecular weight is 522 g/mol. The summed E-state index contributed by atoms with van der Waals surface area (Å²) >= 11 is 6.40. The first-order valence-corrected chi connectivity index (χ1v) is 13.9. The van der Waals surface area contributed by atoms with E-state index < -0.39 is 0 Å². The number of hydrogen-bond acceptors (Lipinski definition) is 5. The molecule has 5 heterocycles. The molecule has 37 heavy (non-hydrogen) atoms. The van der Waals surface area contributed by atoms with Gasteiger partial charge in [0, 0.05) is 54.1 Å². The first-order valence-electron chi connectivity index (χ1n) is 13.5. The van der Waals surface area contributed by atoms with Crippen molar-refractivity contribution in [2.45, 2.75) is 44.7 Å². The number of likely N-dealkylation sites (tertiary alicyclic amines) is 2. The Morgan fingerprint density at radius 1 is 1.03 bits per heavy atom. The fourth-order valence-corrected chi connectivity index (χ4v) is 6.35. The number of aromatic nitrogens is 3. The smallest absolute Gasteiger partial charge is 0.163 e. The van der Waals surface area contributed by atoms with Gasteiger partial charge in [-0.1, -0.05) is 18.0 Å². The van der Waals surface area contributed by atoms with E-state index in [4.69, 9.17) is 21.1 Å². The SMILES string of the molecule is COc1cc2c(-c3cc4c(Cl)ccnc4[nH]3)cn(C)c2cc1OCCN1CCCCC1N1CCCCC1. The molecule has 0 aliphatic carbocycles. The molecule has 2 fully saturated rings. The molecule has 0 bridgehead atoms. The van der Waals surface area contributed by atoms with Gasteiger partial charge >= 0.3 is 0 Å². The zero-order valence-electron chi connectivity index (χ0n) is 21.8. The number of fused-ring (bicyclic) bond motifs is 2. The van der Waals surface area contributed by atoms with E-state index in [0.717, 1.165) is 57.8 Å². The van der Waals surface area contributed by atoms with Crippen LogP contribution in [0.2, 0.25) is 5.02 Å². The molecular weight excluding hydrogens is 486 g/mol. The lowest BCUT2D eigenvalue weighted by atomic mass is 10.0. The number of benzene rings is 1. The van der Waals surface area contributed by atoms with Gasteiger partial charge in [0.15, 0.2) is 11.5 Å². The number of aromatic amines is 1. The molecule has 0 spiro atoms. The van der Waals surface area contributed by atoms with Crippen molar-refractivity contribution in [2.75, 3.05) is 39.9 Å². The first-order chi connectivity index (χ1) is 18.1. The molecule has 1 atom stereocenters. The van der Waals surface area contributed by atoms with E-state index in [0.29, 0.717) is 17.8 Å². The van der Waals surface area contributed by atoms with E-state index in [1.54, 1.807) is 13.3 Å². The predicted octanol–water partition coefficient (Wildman–Crippen LogP) is 6.06. The number of methoxy groups -OCH3 is 1. The van der Waals surface area contributed by atoms with Gasteiger partial charge in [-0.15, -0.1) is 0 Å². The Bertz CT molecular complexity index is 1390. The standard InChI is InChI=1S/C29H36ClN5O2/c1-33-19-22(24-16-21-23(30)9-10-31-29(21)32-24)20-17-26(36-2)27(18-25(20)33)37-15-14-35-13-7-4-8-28(35)34-11-5-3-6-12-34/h9-10,16-19,28H,3-8,11-15H2,1-2H3,(H,31,32). The van der Waals surface area contributed by atoms with Crippen LogP contribution in [0.25, 0.3) is 33.2 Å². The van der Waals surface area contributed by atoms with Crippen LogP contribution in [0.5, 0.6) is 11.5 Å². The second kappa shape index (κ2) is 10.6. The number of H-pyrrole nitrogens is 1. The topological polar surface area (TPSA) is 58.5 Å². The molecule has 7 nitrogen and oxygen atoms in total. The molecule has 2 aliphatic heterocycles. The Morgan fingerprint density at radius 3 is 2.68 bits per heavy atom. The van der Waals surface area contributed by atoms with Crippen molar-refractivity contribution < 1.29 is 9.47 Å². The highest BCUT2D eigenvalue weighted by atomic mass is 35.5. The van der Waals surface area contributed by atoms with Crippen molar-refractivity contribution in [3.8, 4) is 22.8 Å². The van der Waals surface area contributed by atoms with Gasteiger partial charge in [0.2, 0.25) is 0 Å². The van der Waals surface area contributed by atoms with Crippen LogP contribution in [0, 0.1) is 0 Å². The van der Waals surface area contributed by atoms with Crippen molar-refractivity contribution in [2.24, 2.45) is 7.05 Å². The number of nitrogens with one attached hydrogen (secondary N) is 1. The summed E-state index contributed by atoms with van der Waals surface area (Å²) in [5.41, 5.74) is 3.93. The fourth-order valence-electron chi connectivity index (χ4n) is 6.15. The van der Waals surface area contributed by atoms with Crippen LogP contribution in [0.1, 0.15) is 38.5 Å². The highest BCUT2D eigenvalue weighted by Crippen LogP contribution is 2.39. The summed E-state index contributed by atoms with van der Waals surface area (Å²) in [7, 11) is 3.77. The fraction of sp³-hybridized carbons (Fsp3) is 0.483. The lowest BCUT2D eigenvalue weighted by Gasteiger charge is -2.44. The van der Waals surface area contributed by atoms with Crippen molar-refractivity contribution in [1.82, 2.24) is 24.3 Å². The number of ether oxygens (including phenoxy) is 2. The summed E-state index contributed by atoms with van der Waals surface area (Å²) in [4.78, 5) is 13.2. The minimum absolute atomic E-state index is 0.566. The summed E-state index contributed by atoms with van der Waals surface area (Å²) in [5.74, 6) is 1.54. The van der Waals surface area contributed by atoms with Gasteiger partial charge in [-0.2, -0.15) is 0 Å². The molecular formula is C29H36ClN5O2. The minimum Gasteiger partial charge on any atom is -0.493 e.